The van der Waals surface area contributed by atoms with Crippen LogP contribution in [0.2, 0.25) is 0 Å². The van der Waals surface area contributed by atoms with Crippen LogP contribution in [-0.2, 0) is 0 Å². The van der Waals surface area contributed by atoms with Gasteiger partial charge < -0.3 is 15.5 Å². The zero-order valence-electron chi connectivity index (χ0n) is 18.9. The molecule has 0 saturated carbocycles. The summed E-state index contributed by atoms with van der Waals surface area (Å²) >= 11 is 0. The van der Waals surface area contributed by atoms with E-state index in [9.17, 15) is 23.2 Å². The van der Waals surface area contributed by atoms with Crippen LogP contribution < -0.4 is 10.6 Å². The number of carbonyl (C=O) groups excluding carboxylic acids is 3. The first-order valence-electron chi connectivity index (χ1n) is 11.1. The lowest BCUT2D eigenvalue weighted by atomic mass is 10.0. The molecule has 4 rings (SSSR count). The van der Waals surface area contributed by atoms with Crippen molar-refractivity contribution >= 4 is 23.5 Å². The Morgan fingerprint density at radius 3 is 2.29 bits per heavy atom. The summed E-state index contributed by atoms with van der Waals surface area (Å²) in [5, 5.41) is 5.25. The molecule has 10 heteroatoms. The second kappa shape index (κ2) is 10.4. The molecule has 3 aromatic rings. The minimum atomic E-state index is -0.903. The number of nitrogens with one attached hydrogen (secondary N) is 2. The topological polar surface area (TPSA) is 104 Å². The number of aromatic nitrogens is 2. The van der Waals surface area contributed by atoms with Gasteiger partial charge in [-0.1, -0.05) is 17.7 Å². The maximum atomic E-state index is 13.5. The number of hydrogen-bond donors (Lipinski definition) is 2. The van der Waals surface area contributed by atoms with Crippen molar-refractivity contribution < 1.29 is 23.2 Å². The van der Waals surface area contributed by atoms with Crippen molar-refractivity contribution in [3.8, 4) is 0 Å². The lowest BCUT2D eigenvalue weighted by molar-refractivity contribution is 0.0697. The fourth-order valence-corrected chi connectivity index (χ4v) is 3.90. The predicted octanol–water partition coefficient (Wildman–Crippen LogP) is 3.35. The summed E-state index contributed by atoms with van der Waals surface area (Å²) in [6.07, 6.45) is 3.69. The molecular formula is C25H23F2N5O3. The van der Waals surface area contributed by atoms with Gasteiger partial charge in [0.1, 0.15) is 11.6 Å². The molecule has 180 valence electrons. The first-order chi connectivity index (χ1) is 16.8. The van der Waals surface area contributed by atoms with E-state index in [1.807, 2.05) is 25.1 Å². The Kier molecular flexibility index (Phi) is 7.09. The highest BCUT2D eigenvalue weighted by atomic mass is 19.1. The van der Waals surface area contributed by atoms with Gasteiger partial charge in [0.15, 0.2) is 11.5 Å². The normalized spacial score (nSPS) is 13.9. The van der Waals surface area contributed by atoms with Crippen molar-refractivity contribution in [3.63, 3.8) is 0 Å². The van der Waals surface area contributed by atoms with E-state index in [0.717, 1.165) is 17.7 Å². The fourth-order valence-electron chi connectivity index (χ4n) is 3.90. The fraction of sp³-hybridized carbons (Fsp3) is 0.240. The molecule has 1 aliphatic rings. The van der Waals surface area contributed by atoms with Gasteiger partial charge in [-0.05, 0) is 44.0 Å². The summed E-state index contributed by atoms with van der Waals surface area (Å²) in [7, 11) is 0. The van der Waals surface area contributed by atoms with E-state index in [0.29, 0.717) is 37.6 Å². The number of halogens is 2. The standard InChI is InChI=1S/C25H23F2N5O3/c1-15-3-2-4-16(11-15)25(35)32-9-5-20(6-10-32)30-24(34)21-22(29-8-7-28-21)31-23(33)17-12-18(26)14-19(27)13-17/h2-4,7-8,11-14,20H,5-6,9-10H2,1H3,(H,30,34)(H,29,31,33). The molecule has 0 bridgehead atoms. The molecule has 2 N–H and O–H groups in total. The minimum absolute atomic E-state index is 0.0498. The molecule has 2 heterocycles. The zero-order chi connectivity index (χ0) is 24.9. The number of aryl methyl sites for hydroxylation is 1. The molecule has 0 radical (unpaired) electrons. The van der Waals surface area contributed by atoms with E-state index in [2.05, 4.69) is 20.6 Å². The van der Waals surface area contributed by atoms with Gasteiger partial charge in [0, 0.05) is 48.7 Å². The molecule has 3 amide bonds. The molecule has 8 nitrogen and oxygen atoms in total. The quantitative estimate of drug-likeness (QED) is 0.584. The van der Waals surface area contributed by atoms with E-state index in [-0.39, 0.29) is 29.0 Å². The van der Waals surface area contributed by atoms with Gasteiger partial charge in [0.05, 0.1) is 0 Å². The van der Waals surface area contributed by atoms with Crippen molar-refractivity contribution in [2.24, 2.45) is 0 Å². The highest BCUT2D eigenvalue weighted by Crippen LogP contribution is 2.17. The van der Waals surface area contributed by atoms with E-state index in [1.165, 1.54) is 12.4 Å². The van der Waals surface area contributed by atoms with Gasteiger partial charge in [0.2, 0.25) is 0 Å². The lowest BCUT2D eigenvalue weighted by Crippen LogP contribution is -2.46. The number of anilines is 1. The Morgan fingerprint density at radius 1 is 0.914 bits per heavy atom. The number of nitrogens with zero attached hydrogens (tertiary/aromatic N) is 3. The van der Waals surface area contributed by atoms with Crippen molar-refractivity contribution in [1.29, 1.82) is 0 Å². The minimum Gasteiger partial charge on any atom is -0.348 e. The number of rotatable bonds is 5. The maximum Gasteiger partial charge on any atom is 0.273 e. The Hall–Kier alpha value is -4.21. The van der Waals surface area contributed by atoms with Gasteiger partial charge in [-0.25, -0.2) is 18.7 Å². The summed E-state index contributed by atoms with van der Waals surface area (Å²) in [5.74, 6) is -3.37. The monoisotopic (exact) mass is 479 g/mol. The van der Waals surface area contributed by atoms with Gasteiger partial charge in [-0.3, -0.25) is 14.4 Å². The molecule has 0 unspecified atom stereocenters. The molecule has 2 aromatic carbocycles. The number of hydrogen-bond acceptors (Lipinski definition) is 5. The second-order valence-corrected chi connectivity index (χ2v) is 8.28. The summed E-state index contributed by atoms with van der Waals surface area (Å²) in [6.45, 7) is 2.89. The summed E-state index contributed by atoms with van der Waals surface area (Å²) < 4.78 is 26.9. The highest BCUT2D eigenvalue weighted by Gasteiger charge is 2.26. The van der Waals surface area contributed by atoms with Crippen LogP contribution in [0.1, 0.15) is 49.6 Å². The number of benzene rings is 2. The highest BCUT2D eigenvalue weighted by molar-refractivity contribution is 6.07. The first kappa shape index (κ1) is 23.9. The smallest absolute Gasteiger partial charge is 0.273 e. The number of piperidine rings is 1. The Labute approximate surface area is 200 Å². The second-order valence-electron chi connectivity index (χ2n) is 8.28. The van der Waals surface area contributed by atoms with Crippen molar-refractivity contribution in [1.82, 2.24) is 20.2 Å². The van der Waals surface area contributed by atoms with Crippen LogP contribution in [0.5, 0.6) is 0 Å². The molecular weight excluding hydrogens is 456 g/mol. The molecule has 0 aliphatic carbocycles. The molecule has 1 saturated heterocycles. The third kappa shape index (κ3) is 5.84. The van der Waals surface area contributed by atoms with Crippen molar-refractivity contribution in [2.45, 2.75) is 25.8 Å². The van der Waals surface area contributed by atoms with E-state index >= 15 is 0 Å². The van der Waals surface area contributed by atoms with Gasteiger partial charge in [-0.2, -0.15) is 0 Å². The number of carbonyl (C=O) groups is 3. The van der Waals surface area contributed by atoms with Gasteiger partial charge in [-0.15, -0.1) is 0 Å². The third-order valence-electron chi connectivity index (χ3n) is 5.65. The molecule has 0 atom stereocenters. The maximum absolute atomic E-state index is 13.5. The first-order valence-corrected chi connectivity index (χ1v) is 11.1. The Morgan fingerprint density at radius 2 is 1.60 bits per heavy atom. The summed E-state index contributed by atoms with van der Waals surface area (Å²) in [5.41, 5.74) is 1.25. The third-order valence-corrected chi connectivity index (χ3v) is 5.65. The van der Waals surface area contributed by atoms with Crippen LogP contribution in [0, 0.1) is 18.6 Å². The Balaban J connectivity index is 1.38. The predicted molar refractivity (Wildman–Crippen MR) is 124 cm³/mol. The van der Waals surface area contributed by atoms with Gasteiger partial charge >= 0.3 is 0 Å². The van der Waals surface area contributed by atoms with E-state index < -0.39 is 23.4 Å². The lowest BCUT2D eigenvalue weighted by Gasteiger charge is -2.32. The van der Waals surface area contributed by atoms with Crippen molar-refractivity contribution in [2.75, 3.05) is 18.4 Å². The molecule has 35 heavy (non-hydrogen) atoms. The zero-order valence-corrected chi connectivity index (χ0v) is 18.9. The molecule has 0 spiro atoms. The van der Waals surface area contributed by atoms with Crippen molar-refractivity contribution in [3.05, 3.63) is 88.9 Å². The van der Waals surface area contributed by atoms with Crippen LogP contribution in [-0.4, -0.2) is 51.7 Å². The van der Waals surface area contributed by atoms with Crippen LogP contribution in [0.25, 0.3) is 0 Å². The summed E-state index contributed by atoms with van der Waals surface area (Å²) in [4.78, 5) is 47.8. The van der Waals surface area contributed by atoms with E-state index in [1.54, 1.807) is 11.0 Å². The molecule has 1 aliphatic heterocycles. The van der Waals surface area contributed by atoms with Crippen LogP contribution in [0.15, 0.2) is 54.9 Å². The van der Waals surface area contributed by atoms with Crippen LogP contribution in [0.3, 0.4) is 0 Å². The van der Waals surface area contributed by atoms with E-state index in [4.69, 9.17) is 0 Å². The average Bonchev–Trinajstić information content (AvgIpc) is 2.84. The SMILES string of the molecule is Cc1cccc(C(=O)N2CCC(NC(=O)c3nccnc3NC(=O)c3cc(F)cc(F)c3)CC2)c1. The average molecular weight is 479 g/mol. The molecule has 1 fully saturated rings. The van der Waals surface area contributed by atoms with Crippen LogP contribution >= 0.6 is 0 Å². The molecule has 1 aromatic heterocycles. The van der Waals surface area contributed by atoms with Crippen LogP contribution in [0.4, 0.5) is 14.6 Å². The van der Waals surface area contributed by atoms with Gasteiger partial charge in [0.25, 0.3) is 17.7 Å². The largest absolute Gasteiger partial charge is 0.348 e. The number of amides is 3. The number of likely N-dealkylation sites (tertiary alicyclic amines) is 1. The Bertz CT molecular complexity index is 1260. The summed E-state index contributed by atoms with van der Waals surface area (Å²) in [6, 6.07) is 9.60.